The highest BCUT2D eigenvalue weighted by Crippen LogP contribution is 2.09. The van der Waals surface area contributed by atoms with Crippen molar-refractivity contribution >= 4 is 11.8 Å². The number of hydrogen-bond donors (Lipinski definition) is 0. The van der Waals surface area contributed by atoms with Gasteiger partial charge in [0.25, 0.3) is 0 Å². The summed E-state index contributed by atoms with van der Waals surface area (Å²) in [6.07, 6.45) is 4.16. The number of nitrogens with zero attached hydrogens (tertiary/aromatic N) is 1. The second-order valence-electron chi connectivity index (χ2n) is 3.16. The van der Waals surface area contributed by atoms with E-state index in [0.29, 0.717) is 0 Å². The Kier molecular flexibility index (Phi) is 10.6. The minimum absolute atomic E-state index is 1.33. The molecule has 0 aromatic heterocycles. The van der Waals surface area contributed by atoms with E-state index in [9.17, 15) is 0 Å². The normalized spacial score (nSPS) is 17.8. The Balaban J connectivity index is 0.000000671. The summed E-state index contributed by atoms with van der Waals surface area (Å²) in [5.74, 6) is 2.71. The van der Waals surface area contributed by atoms with Gasteiger partial charge < -0.3 is 4.90 Å². The number of rotatable bonds is 4. The molecule has 1 nitrogen and oxygen atoms in total. The molecule has 0 aliphatic carbocycles. The summed E-state index contributed by atoms with van der Waals surface area (Å²) < 4.78 is 0. The second kappa shape index (κ2) is 10.4. The molecule has 1 aliphatic heterocycles. The van der Waals surface area contributed by atoms with Gasteiger partial charge in [-0.3, -0.25) is 0 Å². The Morgan fingerprint density at radius 2 is 1.69 bits per heavy atom. The van der Waals surface area contributed by atoms with E-state index in [0.717, 1.165) is 0 Å². The predicted octanol–water partition coefficient (Wildman–Crippen LogP) is 3.25. The van der Waals surface area contributed by atoms with Gasteiger partial charge in [0.2, 0.25) is 0 Å². The average Bonchev–Trinajstić information content (AvgIpc) is 2.23. The first kappa shape index (κ1) is 13.3. The molecule has 2 heteroatoms. The lowest BCUT2D eigenvalue weighted by Gasteiger charge is -2.25. The topological polar surface area (TPSA) is 3.24 Å². The van der Waals surface area contributed by atoms with Gasteiger partial charge in [0.15, 0.2) is 0 Å². The van der Waals surface area contributed by atoms with Gasteiger partial charge in [0.05, 0.1) is 0 Å². The molecule has 0 amide bonds. The van der Waals surface area contributed by atoms with Crippen molar-refractivity contribution < 1.29 is 0 Å². The van der Waals surface area contributed by atoms with Crippen LogP contribution in [0.1, 0.15) is 40.0 Å². The van der Waals surface area contributed by atoms with Crippen LogP contribution in [-0.4, -0.2) is 36.0 Å². The van der Waals surface area contributed by atoms with E-state index in [4.69, 9.17) is 0 Å². The maximum atomic E-state index is 2.60. The third kappa shape index (κ3) is 7.39. The smallest absolute Gasteiger partial charge is 0.00727 e. The average molecular weight is 203 g/mol. The fourth-order valence-corrected chi connectivity index (χ4v) is 2.39. The summed E-state index contributed by atoms with van der Waals surface area (Å²) in [6, 6.07) is 0. The maximum Gasteiger partial charge on any atom is 0.00727 e. The Labute approximate surface area is 88.3 Å². The number of hydrogen-bond acceptors (Lipinski definition) is 2. The van der Waals surface area contributed by atoms with Crippen LogP contribution in [0.3, 0.4) is 0 Å². The Morgan fingerprint density at radius 3 is 2.23 bits per heavy atom. The molecule has 0 atom stereocenters. The molecule has 1 saturated heterocycles. The molecule has 13 heavy (non-hydrogen) atoms. The fraction of sp³-hybridized carbons (Fsp3) is 1.00. The zero-order chi connectivity index (χ0) is 9.94. The molecule has 0 N–H and O–H groups in total. The molecule has 0 aromatic rings. The molecular weight excluding hydrogens is 178 g/mol. The number of unbranched alkanes of at least 4 members (excludes halogenated alkanes) is 2. The zero-order valence-electron chi connectivity index (χ0n) is 9.51. The lowest BCUT2D eigenvalue weighted by atomic mass is 10.2. The Hall–Kier alpha value is 0.310. The maximum absolute atomic E-state index is 2.60. The molecule has 0 radical (unpaired) electrons. The molecule has 1 heterocycles. The van der Waals surface area contributed by atoms with Crippen LogP contribution in [0.5, 0.6) is 0 Å². The van der Waals surface area contributed by atoms with E-state index in [2.05, 4.69) is 23.6 Å². The van der Waals surface area contributed by atoms with Gasteiger partial charge in [0.1, 0.15) is 0 Å². The second-order valence-corrected chi connectivity index (χ2v) is 4.39. The van der Waals surface area contributed by atoms with Gasteiger partial charge in [-0.15, -0.1) is 0 Å². The molecule has 0 spiro atoms. The third-order valence-corrected chi connectivity index (χ3v) is 3.12. The summed E-state index contributed by atoms with van der Waals surface area (Å²) >= 11 is 2.10. The first-order valence-corrected chi connectivity index (χ1v) is 6.89. The fourth-order valence-electron chi connectivity index (χ4n) is 1.41. The van der Waals surface area contributed by atoms with E-state index in [1.165, 1.54) is 50.4 Å². The van der Waals surface area contributed by atoms with E-state index < -0.39 is 0 Å². The lowest BCUT2D eigenvalue weighted by molar-refractivity contribution is 0.295. The quantitative estimate of drug-likeness (QED) is 0.645. The summed E-state index contributed by atoms with van der Waals surface area (Å²) in [6.45, 7) is 10.3. The highest BCUT2D eigenvalue weighted by atomic mass is 32.2. The first-order chi connectivity index (χ1) is 6.43. The SMILES string of the molecule is CC.CCCCCN1CCSCC1. The van der Waals surface area contributed by atoms with Crippen LogP contribution < -0.4 is 0 Å². The lowest BCUT2D eigenvalue weighted by Crippen LogP contribution is -2.33. The number of thioether (sulfide) groups is 1. The van der Waals surface area contributed by atoms with Gasteiger partial charge in [-0.25, -0.2) is 0 Å². The van der Waals surface area contributed by atoms with Crippen molar-refractivity contribution in [2.45, 2.75) is 40.0 Å². The zero-order valence-corrected chi connectivity index (χ0v) is 10.3. The van der Waals surface area contributed by atoms with E-state index >= 15 is 0 Å². The van der Waals surface area contributed by atoms with Crippen molar-refractivity contribution in [3.05, 3.63) is 0 Å². The van der Waals surface area contributed by atoms with Crippen LogP contribution in [0.25, 0.3) is 0 Å². The van der Waals surface area contributed by atoms with E-state index in [1.807, 2.05) is 13.8 Å². The summed E-state index contributed by atoms with van der Waals surface area (Å²) in [5, 5.41) is 0. The Bertz CT molecular complexity index is 90.1. The van der Waals surface area contributed by atoms with Crippen LogP contribution in [0.4, 0.5) is 0 Å². The minimum Gasteiger partial charge on any atom is -0.302 e. The van der Waals surface area contributed by atoms with Crippen molar-refractivity contribution in [1.82, 2.24) is 4.90 Å². The highest BCUT2D eigenvalue weighted by Gasteiger charge is 2.08. The van der Waals surface area contributed by atoms with Gasteiger partial charge in [-0.1, -0.05) is 33.6 Å². The van der Waals surface area contributed by atoms with E-state index in [1.54, 1.807) is 0 Å². The van der Waals surface area contributed by atoms with Crippen molar-refractivity contribution in [3.63, 3.8) is 0 Å². The summed E-state index contributed by atoms with van der Waals surface area (Å²) in [7, 11) is 0. The van der Waals surface area contributed by atoms with Crippen LogP contribution in [0.2, 0.25) is 0 Å². The van der Waals surface area contributed by atoms with Gasteiger partial charge in [0, 0.05) is 24.6 Å². The van der Waals surface area contributed by atoms with Crippen molar-refractivity contribution in [2.75, 3.05) is 31.1 Å². The first-order valence-electron chi connectivity index (χ1n) is 5.73. The van der Waals surface area contributed by atoms with Crippen LogP contribution in [0.15, 0.2) is 0 Å². The molecule has 0 bridgehead atoms. The van der Waals surface area contributed by atoms with Crippen LogP contribution >= 0.6 is 11.8 Å². The van der Waals surface area contributed by atoms with Gasteiger partial charge in [-0.05, 0) is 13.0 Å². The highest BCUT2D eigenvalue weighted by molar-refractivity contribution is 7.99. The van der Waals surface area contributed by atoms with Crippen LogP contribution in [0, 0.1) is 0 Å². The minimum atomic E-state index is 1.33. The largest absolute Gasteiger partial charge is 0.302 e. The monoisotopic (exact) mass is 203 g/mol. The molecule has 0 saturated carbocycles. The van der Waals surface area contributed by atoms with Gasteiger partial charge in [-0.2, -0.15) is 11.8 Å². The Morgan fingerprint density at radius 1 is 1.08 bits per heavy atom. The molecule has 1 fully saturated rings. The standard InChI is InChI=1S/C9H19NS.C2H6/c1-2-3-4-5-10-6-8-11-9-7-10;1-2/h2-9H2,1H3;1-2H3. The van der Waals surface area contributed by atoms with Gasteiger partial charge >= 0.3 is 0 Å². The molecule has 80 valence electrons. The molecule has 1 aliphatic rings. The third-order valence-electron chi connectivity index (χ3n) is 2.18. The van der Waals surface area contributed by atoms with Crippen molar-refractivity contribution in [3.8, 4) is 0 Å². The molecular formula is C11H25NS. The summed E-state index contributed by atoms with van der Waals surface area (Å²) in [5.41, 5.74) is 0. The predicted molar refractivity (Wildman–Crippen MR) is 64.6 cm³/mol. The van der Waals surface area contributed by atoms with Crippen molar-refractivity contribution in [1.29, 1.82) is 0 Å². The molecule has 0 aromatic carbocycles. The summed E-state index contributed by atoms with van der Waals surface area (Å²) in [4.78, 5) is 2.60. The van der Waals surface area contributed by atoms with E-state index in [-0.39, 0.29) is 0 Å². The van der Waals surface area contributed by atoms with Crippen molar-refractivity contribution in [2.24, 2.45) is 0 Å². The molecule has 1 rings (SSSR count). The van der Waals surface area contributed by atoms with Crippen LogP contribution in [-0.2, 0) is 0 Å². The molecule has 0 unspecified atom stereocenters.